The Bertz CT molecular complexity index is 3690. The summed E-state index contributed by atoms with van der Waals surface area (Å²) in [5.41, 5.74) is 16.7. The molecule has 0 bridgehead atoms. The van der Waals surface area contributed by atoms with Crippen LogP contribution in [-0.2, 0) is 5.41 Å². The van der Waals surface area contributed by atoms with Crippen LogP contribution in [0.4, 0.5) is 17.1 Å². The summed E-state index contributed by atoms with van der Waals surface area (Å²) in [5, 5.41) is 4.84. The topological polar surface area (TPSA) is 16.4 Å². The fraction of sp³-hybridized carbons (Fsp3) is 0.0164. The van der Waals surface area contributed by atoms with Crippen molar-refractivity contribution in [2.75, 3.05) is 4.90 Å². The number of hydrogen-bond acceptors (Lipinski definition) is 3. The van der Waals surface area contributed by atoms with Gasteiger partial charge in [0.15, 0.2) is 5.58 Å². The lowest BCUT2D eigenvalue weighted by atomic mass is 9.68. The number of benzene rings is 10. The van der Waals surface area contributed by atoms with E-state index < -0.39 is 5.41 Å². The van der Waals surface area contributed by atoms with Gasteiger partial charge in [0.1, 0.15) is 5.58 Å². The van der Waals surface area contributed by atoms with Gasteiger partial charge in [-0.2, -0.15) is 0 Å². The number of hydrogen-bond donors (Lipinski definition) is 0. The van der Waals surface area contributed by atoms with Gasteiger partial charge in [-0.1, -0.05) is 188 Å². The quantitative estimate of drug-likeness (QED) is 0.159. The molecule has 300 valence electrons. The first kappa shape index (κ1) is 36.7. The molecule has 10 aromatic carbocycles. The number of nitrogens with zero attached hydrogens (tertiary/aromatic N) is 1. The van der Waals surface area contributed by atoms with Crippen molar-refractivity contribution in [3.05, 3.63) is 259 Å². The number of anilines is 3. The first-order valence-corrected chi connectivity index (χ1v) is 22.7. The summed E-state index contributed by atoms with van der Waals surface area (Å²) in [5.74, 6) is 0. The summed E-state index contributed by atoms with van der Waals surface area (Å²) < 4.78 is 9.41. The van der Waals surface area contributed by atoms with Crippen molar-refractivity contribution >= 4 is 70.5 Å². The van der Waals surface area contributed by atoms with E-state index in [0.29, 0.717) is 0 Å². The Morgan fingerprint density at radius 2 is 0.984 bits per heavy atom. The van der Waals surface area contributed by atoms with E-state index in [1.165, 1.54) is 70.2 Å². The Hall–Kier alpha value is -7.98. The molecule has 0 unspecified atom stereocenters. The zero-order valence-electron chi connectivity index (χ0n) is 34.8. The minimum atomic E-state index is -0.477. The van der Waals surface area contributed by atoms with Crippen molar-refractivity contribution < 1.29 is 4.42 Å². The highest BCUT2D eigenvalue weighted by atomic mass is 32.1. The van der Waals surface area contributed by atoms with Crippen LogP contribution in [0.15, 0.2) is 241 Å². The van der Waals surface area contributed by atoms with Gasteiger partial charge in [-0.25, -0.2) is 0 Å². The molecule has 0 radical (unpaired) electrons. The van der Waals surface area contributed by atoms with Crippen LogP contribution in [0.3, 0.4) is 0 Å². The van der Waals surface area contributed by atoms with E-state index in [-0.39, 0.29) is 0 Å². The summed E-state index contributed by atoms with van der Waals surface area (Å²) in [6.45, 7) is 0. The van der Waals surface area contributed by atoms with Gasteiger partial charge in [0.2, 0.25) is 0 Å². The summed E-state index contributed by atoms with van der Waals surface area (Å²) in [6, 6.07) is 86.3. The molecule has 0 aliphatic heterocycles. The van der Waals surface area contributed by atoms with Crippen molar-refractivity contribution in [2.45, 2.75) is 5.41 Å². The third-order valence-corrected chi connectivity index (χ3v) is 14.6. The van der Waals surface area contributed by atoms with Crippen LogP contribution < -0.4 is 4.90 Å². The zero-order chi connectivity index (χ0) is 42.2. The van der Waals surface area contributed by atoms with Crippen molar-refractivity contribution in [3.8, 4) is 33.4 Å². The predicted molar refractivity (Wildman–Crippen MR) is 269 cm³/mol. The van der Waals surface area contributed by atoms with Gasteiger partial charge in [0, 0.05) is 42.3 Å². The molecule has 0 spiro atoms. The van der Waals surface area contributed by atoms with E-state index in [9.17, 15) is 0 Å². The number of fused-ring (bicyclic) bond motifs is 9. The maximum atomic E-state index is 6.76. The summed E-state index contributed by atoms with van der Waals surface area (Å²) >= 11 is 1.88. The molecule has 2 aromatic heterocycles. The van der Waals surface area contributed by atoms with Crippen molar-refractivity contribution in [1.82, 2.24) is 0 Å². The maximum Gasteiger partial charge on any atom is 0.159 e. The molecule has 12 aromatic rings. The van der Waals surface area contributed by atoms with Gasteiger partial charge in [-0.3, -0.25) is 0 Å². The Morgan fingerprint density at radius 1 is 0.375 bits per heavy atom. The van der Waals surface area contributed by atoms with E-state index in [1.54, 1.807) is 0 Å². The van der Waals surface area contributed by atoms with Gasteiger partial charge < -0.3 is 9.32 Å². The molecular formula is C61H39NOS. The summed E-state index contributed by atoms with van der Waals surface area (Å²) in [6.07, 6.45) is 0. The smallest absolute Gasteiger partial charge is 0.159 e. The third kappa shape index (κ3) is 5.51. The number of para-hydroxylation sites is 2. The molecule has 0 fully saturated rings. The summed E-state index contributed by atoms with van der Waals surface area (Å²) in [7, 11) is 0. The Kier molecular flexibility index (Phi) is 8.34. The van der Waals surface area contributed by atoms with Gasteiger partial charge in [-0.05, 0) is 104 Å². The highest BCUT2D eigenvalue weighted by Crippen LogP contribution is 2.57. The molecule has 0 N–H and O–H groups in total. The van der Waals surface area contributed by atoms with Crippen LogP contribution in [0.1, 0.15) is 22.3 Å². The largest absolute Gasteiger partial charge is 0.454 e. The predicted octanol–water partition coefficient (Wildman–Crippen LogP) is 17.1. The molecule has 64 heavy (non-hydrogen) atoms. The lowest BCUT2D eigenvalue weighted by Gasteiger charge is -2.34. The average Bonchev–Trinajstić information content (AvgIpc) is 4.04. The normalized spacial score (nSPS) is 12.8. The molecule has 13 rings (SSSR count). The minimum absolute atomic E-state index is 0.477. The van der Waals surface area contributed by atoms with E-state index >= 15 is 0 Å². The summed E-state index contributed by atoms with van der Waals surface area (Å²) in [4.78, 5) is 2.38. The maximum absolute atomic E-state index is 6.76. The average molecular weight is 834 g/mol. The number of thiophene rings is 1. The zero-order valence-corrected chi connectivity index (χ0v) is 35.6. The van der Waals surface area contributed by atoms with Crippen LogP contribution in [0.5, 0.6) is 0 Å². The van der Waals surface area contributed by atoms with Crippen LogP contribution in [0.2, 0.25) is 0 Å². The van der Waals surface area contributed by atoms with Crippen LogP contribution in [0.25, 0.3) is 75.5 Å². The minimum Gasteiger partial charge on any atom is -0.454 e. The van der Waals surface area contributed by atoms with Crippen LogP contribution in [-0.4, -0.2) is 0 Å². The third-order valence-electron chi connectivity index (χ3n) is 13.4. The van der Waals surface area contributed by atoms with Gasteiger partial charge in [0.25, 0.3) is 0 Å². The second kappa shape index (κ2) is 14.6. The lowest BCUT2D eigenvalue weighted by molar-refractivity contribution is 0.669. The molecule has 2 nitrogen and oxygen atoms in total. The Labute approximate surface area is 375 Å². The second-order valence-corrected chi connectivity index (χ2v) is 17.8. The molecule has 0 atom stereocenters. The van der Waals surface area contributed by atoms with Gasteiger partial charge >= 0.3 is 0 Å². The molecule has 1 aliphatic carbocycles. The van der Waals surface area contributed by atoms with E-state index in [4.69, 9.17) is 4.42 Å². The molecule has 0 amide bonds. The number of rotatable bonds is 7. The van der Waals surface area contributed by atoms with E-state index in [0.717, 1.165) is 44.6 Å². The first-order chi connectivity index (χ1) is 31.7. The molecule has 0 saturated heterocycles. The van der Waals surface area contributed by atoms with Crippen molar-refractivity contribution in [1.29, 1.82) is 0 Å². The second-order valence-electron chi connectivity index (χ2n) is 16.8. The molecule has 0 saturated carbocycles. The Balaban J connectivity index is 0.976. The van der Waals surface area contributed by atoms with Crippen LogP contribution >= 0.6 is 11.3 Å². The highest BCUT2D eigenvalue weighted by Gasteiger charge is 2.46. The van der Waals surface area contributed by atoms with Crippen LogP contribution in [0, 0.1) is 0 Å². The van der Waals surface area contributed by atoms with Gasteiger partial charge in [0.05, 0.1) is 11.1 Å². The van der Waals surface area contributed by atoms with Crippen molar-refractivity contribution in [3.63, 3.8) is 0 Å². The molecule has 1 aliphatic rings. The highest BCUT2D eigenvalue weighted by molar-refractivity contribution is 7.26. The molecule has 2 heterocycles. The fourth-order valence-corrected chi connectivity index (χ4v) is 11.8. The monoisotopic (exact) mass is 833 g/mol. The SMILES string of the molecule is c1ccc(C2(c3ccccc3)c3ccccc3-c3cc(N(c4ccc(-c5cccc(-c6cccc7c6sc6ccccc67)c5)cc4)c4cccc5c4oc4ccccc45)ccc32)cc1. The molecule has 3 heteroatoms. The molecular weight excluding hydrogens is 795 g/mol. The van der Waals surface area contributed by atoms with E-state index in [2.05, 4.69) is 235 Å². The first-order valence-electron chi connectivity index (χ1n) is 21.9. The fourth-order valence-electron chi connectivity index (χ4n) is 10.6. The standard InChI is InChI=1S/C61H39NOS/c1-3-18-43(19-4-1)61(44-20-5-2-6-21-44)54-28-10-7-22-48(54)53-39-46(36-37-55(53)61)62(56-29-15-26-51-49-23-8-11-30-57(49)63-59(51)56)45-34-32-40(33-35-45)41-16-13-17-42(38-41)47-25-14-27-52-50-24-9-12-31-58(50)64-60(47)52/h1-39H. The number of furan rings is 1. The Morgan fingerprint density at radius 3 is 1.81 bits per heavy atom. The van der Waals surface area contributed by atoms with Gasteiger partial charge in [-0.15, -0.1) is 11.3 Å². The lowest BCUT2D eigenvalue weighted by Crippen LogP contribution is -2.28. The van der Waals surface area contributed by atoms with E-state index in [1.807, 2.05) is 17.4 Å². The van der Waals surface area contributed by atoms with Crippen molar-refractivity contribution in [2.24, 2.45) is 0 Å².